The molecule has 0 fully saturated rings. The number of rotatable bonds is 6. The lowest BCUT2D eigenvalue weighted by atomic mass is 9.88. The lowest BCUT2D eigenvalue weighted by Gasteiger charge is -2.18. The Labute approximate surface area is 157 Å². The molecule has 0 spiro atoms. The zero-order valence-corrected chi connectivity index (χ0v) is 15.9. The number of fused-ring (bicyclic) bond motifs is 1. The molecule has 1 aromatic carbocycles. The number of hydrogen-bond acceptors (Lipinski definition) is 4. The van der Waals surface area contributed by atoms with Gasteiger partial charge in [0.15, 0.2) is 0 Å². The largest absolute Gasteiger partial charge is 0.497 e. The van der Waals surface area contributed by atoms with E-state index in [-0.39, 0.29) is 5.91 Å². The first kappa shape index (κ1) is 18.5. The number of carbonyl (C=O) groups excluding carboxylic acids is 2. The lowest BCUT2D eigenvalue weighted by Crippen LogP contribution is -2.19. The molecule has 138 valence electrons. The predicted molar refractivity (Wildman–Crippen MR) is 104 cm³/mol. The summed E-state index contributed by atoms with van der Waals surface area (Å²) >= 11 is 1.50. The Morgan fingerprint density at radius 1 is 1.31 bits per heavy atom. The minimum Gasteiger partial charge on any atom is -0.497 e. The summed E-state index contributed by atoms with van der Waals surface area (Å²) in [4.78, 5) is 25.5. The molecular formula is C20H24N2O3S. The van der Waals surface area contributed by atoms with Crippen LogP contribution >= 0.6 is 11.3 Å². The number of ether oxygens (including phenoxy) is 1. The maximum absolute atomic E-state index is 12.4. The van der Waals surface area contributed by atoms with Crippen molar-refractivity contribution < 1.29 is 14.3 Å². The van der Waals surface area contributed by atoms with E-state index in [0.717, 1.165) is 36.1 Å². The average Bonchev–Trinajstić information content (AvgIpc) is 2.97. The summed E-state index contributed by atoms with van der Waals surface area (Å²) in [5.41, 5.74) is 8.20. The molecule has 0 aliphatic heterocycles. The molecule has 5 nitrogen and oxygen atoms in total. The molecule has 3 rings (SSSR count). The molecule has 6 heteroatoms. The predicted octanol–water partition coefficient (Wildman–Crippen LogP) is 3.55. The van der Waals surface area contributed by atoms with Crippen LogP contribution in [0, 0.1) is 5.92 Å². The Balaban J connectivity index is 1.67. The minimum atomic E-state index is -0.456. The number of amides is 2. The van der Waals surface area contributed by atoms with E-state index in [1.54, 1.807) is 7.11 Å². The maximum Gasteiger partial charge on any atom is 0.251 e. The third-order valence-electron chi connectivity index (χ3n) is 4.81. The quantitative estimate of drug-likeness (QED) is 0.813. The van der Waals surface area contributed by atoms with Gasteiger partial charge in [0, 0.05) is 11.3 Å². The second-order valence-electron chi connectivity index (χ2n) is 6.82. The Morgan fingerprint density at radius 2 is 2.04 bits per heavy atom. The van der Waals surface area contributed by atoms with Crippen molar-refractivity contribution in [2.75, 3.05) is 12.4 Å². The summed E-state index contributed by atoms with van der Waals surface area (Å²) in [6.45, 7) is 2.21. The number of nitrogens with two attached hydrogens (primary N) is 1. The second-order valence-corrected chi connectivity index (χ2v) is 7.92. The van der Waals surface area contributed by atoms with E-state index in [0.29, 0.717) is 29.3 Å². The molecule has 0 unspecified atom stereocenters. The molecule has 1 aliphatic rings. The molecule has 1 heterocycles. The number of nitrogens with one attached hydrogen (secondary N) is 1. The first-order valence-electron chi connectivity index (χ1n) is 8.85. The highest BCUT2D eigenvalue weighted by atomic mass is 32.1. The van der Waals surface area contributed by atoms with E-state index in [4.69, 9.17) is 10.5 Å². The van der Waals surface area contributed by atoms with Gasteiger partial charge in [0.2, 0.25) is 5.91 Å². The number of primary amides is 1. The zero-order valence-electron chi connectivity index (χ0n) is 15.1. The van der Waals surface area contributed by atoms with Crippen molar-refractivity contribution in [2.24, 2.45) is 11.7 Å². The summed E-state index contributed by atoms with van der Waals surface area (Å²) in [5.74, 6) is 0.834. The Bertz CT molecular complexity index is 811. The van der Waals surface area contributed by atoms with Gasteiger partial charge in [-0.1, -0.05) is 19.1 Å². The van der Waals surface area contributed by atoms with Gasteiger partial charge in [-0.2, -0.15) is 0 Å². The third kappa shape index (κ3) is 4.07. The first-order valence-corrected chi connectivity index (χ1v) is 9.66. The van der Waals surface area contributed by atoms with Crippen molar-refractivity contribution in [1.82, 2.24) is 0 Å². The van der Waals surface area contributed by atoms with Crippen LogP contribution in [0.15, 0.2) is 24.3 Å². The molecular weight excluding hydrogens is 348 g/mol. The smallest absolute Gasteiger partial charge is 0.251 e. The van der Waals surface area contributed by atoms with Gasteiger partial charge in [0.1, 0.15) is 10.8 Å². The Kier molecular flexibility index (Phi) is 5.61. The van der Waals surface area contributed by atoms with Crippen molar-refractivity contribution in [3.8, 4) is 5.75 Å². The van der Waals surface area contributed by atoms with E-state index in [2.05, 4.69) is 12.2 Å². The number of hydrogen-bond donors (Lipinski definition) is 2. The van der Waals surface area contributed by atoms with E-state index in [1.165, 1.54) is 16.2 Å². The third-order valence-corrected chi connectivity index (χ3v) is 5.98. The highest BCUT2D eigenvalue weighted by Crippen LogP contribution is 2.39. The molecule has 2 amide bonds. The molecule has 0 saturated heterocycles. The Morgan fingerprint density at radius 3 is 2.69 bits per heavy atom. The van der Waals surface area contributed by atoms with Gasteiger partial charge < -0.3 is 15.8 Å². The van der Waals surface area contributed by atoms with Crippen LogP contribution in [0.2, 0.25) is 0 Å². The minimum absolute atomic E-state index is 0.102. The molecule has 0 saturated carbocycles. The van der Waals surface area contributed by atoms with E-state index >= 15 is 0 Å². The van der Waals surface area contributed by atoms with Crippen molar-refractivity contribution in [2.45, 2.75) is 39.0 Å². The zero-order chi connectivity index (χ0) is 18.7. The lowest BCUT2D eigenvalue weighted by molar-refractivity contribution is -0.116. The van der Waals surface area contributed by atoms with Crippen LogP contribution in [-0.2, 0) is 24.1 Å². The SMILES string of the molecule is COc1ccc(CCC(=O)Nc2sc3c(c2C(N)=O)CC[C@@H](C)C3)cc1. The summed E-state index contributed by atoms with van der Waals surface area (Å²) < 4.78 is 5.14. The van der Waals surface area contributed by atoms with Crippen LogP contribution in [0.1, 0.15) is 46.1 Å². The van der Waals surface area contributed by atoms with Crippen molar-refractivity contribution in [1.29, 1.82) is 0 Å². The van der Waals surface area contributed by atoms with Gasteiger partial charge in [-0.05, 0) is 54.9 Å². The fourth-order valence-electron chi connectivity index (χ4n) is 3.34. The van der Waals surface area contributed by atoms with Gasteiger partial charge in [-0.25, -0.2) is 0 Å². The maximum atomic E-state index is 12.4. The van der Waals surface area contributed by atoms with Gasteiger partial charge in [-0.15, -0.1) is 11.3 Å². The molecule has 1 aromatic heterocycles. The highest BCUT2D eigenvalue weighted by molar-refractivity contribution is 7.17. The molecule has 0 bridgehead atoms. The molecule has 26 heavy (non-hydrogen) atoms. The summed E-state index contributed by atoms with van der Waals surface area (Å²) in [6.07, 6.45) is 3.83. The molecule has 0 radical (unpaired) electrons. The van der Waals surface area contributed by atoms with Gasteiger partial charge in [-0.3, -0.25) is 9.59 Å². The number of methoxy groups -OCH3 is 1. The van der Waals surface area contributed by atoms with Gasteiger partial charge >= 0.3 is 0 Å². The van der Waals surface area contributed by atoms with Crippen LogP contribution in [0.4, 0.5) is 5.00 Å². The first-order chi connectivity index (χ1) is 12.5. The van der Waals surface area contributed by atoms with Crippen LogP contribution in [0.25, 0.3) is 0 Å². The summed E-state index contributed by atoms with van der Waals surface area (Å²) in [6, 6.07) is 7.66. The van der Waals surface area contributed by atoms with Gasteiger partial charge in [0.25, 0.3) is 5.91 Å². The van der Waals surface area contributed by atoms with Crippen LogP contribution in [0.5, 0.6) is 5.75 Å². The van der Waals surface area contributed by atoms with Crippen molar-refractivity contribution in [3.63, 3.8) is 0 Å². The van der Waals surface area contributed by atoms with Crippen molar-refractivity contribution >= 4 is 28.2 Å². The molecule has 2 aromatic rings. The molecule has 3 N–H and O–H groups in total. The number of aryl methyl sites for hydroxylation is 1. The Hall–Kier alpha value is -2.34. The second kappa shape index (κ2) is 7.91. The molecule has 1 aliphatic carbocycles. The normalized spacial score (nSPS) is 16.0. The molecule has 1 atom stereocenters. The highest BCUT2D eigenvalue weighted by Gasteiger charge is 2.27. The summed E-state index contributed by atoms with van der Waals surface area (Å²) in [7, 11) is 1.63. The van der Waals surface area contributed by atoms with Crippen LogP contribution in [0.3, 0.4) is 0 Å². The van der Waals surface area contributed by atoms with Crippen LogP contribution < -0.4 is 15.8 Å². The van der Waals surface area contributed by atoms with Gasteiger partial charge in [0.05, 0.1) is 12.7 Å². The number of thiophene rings is 1. The average molecular weight is 372 g/mol. The number of anilines is 1. The van der Waals surface area contributed by atoms with Crippen molar-refractivity contribution in [3.05, 3.63) is 45.8 Å². The van der Waals surface area contributed by atoms with Crippen LogP contribution in [-0.4, -0.2) is 18.9 Å². The topological polar surface area (TPSA) is 81.4 Å². The van der Waals surface area contributed by atoms with E-state index < -0.39 is 5.91 Å². The standard InChI is InChI=1S/C20H24N2O3S/c1-12-3-9-15-16(11-12)26-20(18(15)19(21)24)22-17(23)10-6-13-4-7-14(25-2)8-5-13/h4-5,7-8,12H,3,6,9-11H2,1-2H3,(H2,21,24)(H,22,23)/t12-/m1/s1. The number of benzene rings is 1. The number of carbonyl (C=O) groups is 2. The summed E-state index contributed by atoms with van der Waals surface area (Å²) in [5, 5.41) is 3.52. The van der Waals surface area contributed by atoms with E-state index in [9.17, 15) is 9.59 Å². The fraction of sp³-hybridized carbons (Fsp3) is 0.400. The monoisotopic (exact) mass is 372 g/mol. The van der Waals surface area contributed by atoms with E-state index in [1.807, 2.05) is 24.3 Å². The fourth-order valence-corrected chi connectivity index (χ4v) is 4.77.